The van der Waals surface area contributed by atoms with Gasteiger partial charge in [-0.15, -0.1) is 5.06 Å². The van der Waals surface area contributed by atoms with Gasteiger partial charge in [0.05, 0.1) is 31.9 Å². The van der Waals surface area contributed by atoms with E-state index in [2.05, 4.69) is 0 Å². The average Bonchev–Trinajstić information content (AvgIpc) is 3.19. The summed E-state index contributed by atoms with van der Waals surface area (Å²) < 4.78 is 22.0. The summed E-state index contributed by atoms with van der Waals surface area (Å²) in [5, 5.41) is 0.821. The van der Waals surface area contributed by atoms with Crippen LogP contribution >= 0.6 is 0 Å². The molecule has 0 fully saturated rings. The number of nitrogen functional groups attached to an aromatic ring is 1. The quantitative estimate of drug-likeness (QED) is 0.235. The van der Waals surface area contributed by atoms with Crippen LogP contribution in [0.2, 0.25) is 0 Å². The molecule has 11 heteroatoms. The molecule has 11 nitrogen and oxygen atoms in total. The van der Waals surface area contributed by atoms with Crippen LogP contribution in [0, 0.1) is 0 Å². The van der Waals surface area contributed by atoms with Crippen molar-refractivity contribution in [3.63, 3.8) is 0 Å². The molecule has 1 unspecified atom stereocenters. The molecule has 0 bridgehead atoms. The van der Waals surface area contributed by atoms with E-state index in [-0.39, 0.29) is 18.9 Å². The maximum absolute atomic E-state index is 13.6. The van der Waals surface area contributed by atoms with Crippen molar-refractivity contribution in [2.45, 2.75) is 78.7 Å². The lowest BCUT2D eigenvalue weighted by molar-refractivity contribution is -0.137. The normalized spacial score (nSPS) is 13.8. The van der Waals surface area contributed by atoms with E-state index in [9.17, 15) is 14.4 Å². The second-order valence-electron chi connectivity index (χ2n) is 11.6. The standard InChI is InChI=1S/C30H41N3O8/c1-9-38-24-17-19(13-14-23(24)37-8)22(32-18-20-11-10-12-21(31)25(20)26(32)34)15-16-33(27(35)39-29(2,3)4)41-28(36)40-30(5,6)7/h10-14,17,22H,9,15-16,18,31H2,1-8H3. The predicted octanol–water partition coefficient (Wildman–Crippen LogP) is 5.87. The monoisotopic (exact) mass is 571 g/mol. The molecule has 3 rings (SSSR count). The van der Waals surface area contributed by atoms with Crippen molar-refractivity contribution in [2.24, 2.45) is 0 Å². The summed E-state index contributed by atoms with van der Waals surface area (Å²) in [6, 6.07) is 10.2. The van der Waals surface area contributed by atoms with Gasteiger partial charge in [0.1, 0.15) is 11.2 Å². The maximum atomic E-state index is 13.6. The zero-order valence-corrected chi connectivity index (χ0v) is 25.1. The van der Waals surface area contributed by atoms with Gasteiger partial charge in [0, 0.05) is 12.2 Å². The van der Waals surface area contributed by atoms with Gasteiger partial charge in [0.25, 0.3) is 5.91 Å². The van der Waals surface area contributed by atoms with E-state index < -0.39 is 29.5 Å². The van der Waals surface area contributed by atoms with Gasteiger partial charge in [0.15, 0.2) is 11.5 Å². The van der Waals surface area contributed by atoms with Gasteiger partial charge in [-0.3, -0.25) is 4.79 Å². The van der Waals surface area contributed by atoms with Crippen LogP contribution in [0.4, 0.5) is 15.3 Å². The second kappa shape index (κ2) is 12.6. The minimum absolute atomic E-state index is 0.107. The first-order valence-electron chi connectivity index (χ1n) is 13.5. The minimum Gasteiger partial charge on any atom is -0.493 e. The van der Waals surface area contributed by atoms with E-state index in [0.717, 1.165) is 16.2 Å². The Kier molecular flexibility index (Phi) is 9.62. The Morgan fingerprint density at radius 2 is 1.71 bits per heavy atom. The number of carbonyl (C=O) groups excluding carboxylic acids is 3. The fourth-order valence-corrected chi connectivity index (χ4v) is 4.42. The number of rotatable bonds is 8. The van der Waals surface area contributed by atoms with Gasteiger partial charge >= 0.3 is 12.2 Å². The number of hydrogen-bond donors (Lipinski definition) is 1. The number of methoxy groups -OCH3 is 1. The van der Waals surface area contributed by atoms with Crippen molar-refractivity contribution in [3.05, 3.63) is 53.1 Å². The Balaban J connectivity index is 1.98. The summed E-state index contributed by atoms with van der Waals surface area (Å²) in [6.45, 7) is 12.6. The van der Waals surface area contributed by atoms with E-state index in [1.807, 2.05) is 19.1 Å². The summed E-state index contributed by atoms with van der Waals surface area (Å²) in [5.74, 6) is 0.808. The molecule has 224 valence electrons. The summed E-state index contributed by atoms with van der Waals surface area (Å²) in [5.41, 5.74) is 6.85. The number of benzene rings is 2. The Morgan fingerprint density at radius 3 is 2.29 bits per heavy atom. The molecule has 1 aliphatic heterocycles. The smallest absolute Gasteiger partial charge is 0.493 e. The first kappa shape index (κ1) is 31.4. The van der Waals surface area contributed by atoms with Crippen LogP contribution in [0.25, 0.3) is 0 Å². The zero-order valence-electron chi connectivity index (χ0n) is 25.1. The molecule has 0 saturated heterocycles. The summed E-state index contributed by atoms with van der Waals surface area (Å²) in [4.78, 5) is 46.3. The summed E-state index contributed by atoms with van der Waals surface area (Å²) in [7, 11) is 1.55. The first-order valence-corrected chi connectivity index (χ1v) is 13.5. The van der Waals surface area contributed by atoms with Crippen molar-refractivity contribution in [2.75, 3.05) is 26.0 Å². The van der Waals surface area contributed by atoms with Crippen molar-refractivity contribution in [1.82, 2.24) is 9.96 Å². The SMILES string of the molecule is CCOc1cc(C(CCN(OC(=O)OC(C)(C)C)C(=O)OC(C)(C)C)N2Cc3cccc(N)c3C2=O)ccc1OC. The van der Waals surface area contributed by atoms with Crippen LogP contribution < -0.4 is 15.2 Å². The maximum Gasteiger partial charge on any atom is 0.534 e. The van der Waals surface area contributed by atoms with E-state index in [1.54, 1.807) is 77.8 Å². The number of amides is 2. The highest BCUT2D eigenvalue weighted by atomic mass is 16.8. The van der Waals surface area contributed by atoms with Crippen LogP contribution in [0.1, 0.15) is 82.4 Å². The third kappa shape index (κ3) is 8.18. The predicted molar refractivity (Wildman–Crippen MR) is 153 cm³/mol. The molecule has 1 heterocycles. The number of nitrogens with two attached hydrogens (primary N) is 1. The van der Waals surface area contributed by atoms with Gasteiger partial charge in [-0.25, -0.2) is 9.59 Å². The van der Waals surface area contributed by atoms with Crippen molar-refractivity contribution < 1.29 is 38.2 Å². The highest BCUT2D eigenvalue weighted by molar-refractivity contribution is 6.03. The van der Waals surface area contributed by atoms with Gasteiger partial charge in [-0.1, -0.05) is 18.2 Å². The lowest BCUT2D eigenvalue weighted by Crippen LogP contribution is -2.41. The minimum atomic E-state index is -1.06. The molecule has 41 heavy (non-hydrogen) atoms. The largest absolute Gasteiger partial charge is 0.534 e. The van der Waals surface area contributed by atoms with E-state index in [0.29, 0.717) is 35.9 Å². The number of anilines is 1. The van der Waals surface area contributed by atoms with Crippen LogP contribution in [0.3, 0.4) is 0 Å². The van der Waals surface area contributed by atoms with Crippen molar-refractivity contribution >= 4 is 23.8 Å². The highest BCUT2D eigenvalue weighted by Gasteiger charge is 2.37. The molecule has 2 amide bonds. The van der Waals surface area contributed by atoms with Crippen molar-refractivity contribution in [1.29, 1.82) is 0 Å². The molecule has 0 radical (unpaired) electrons. The van der Waals surface area contributed by atoms with Crippen LogP contribution in [0.15, 0.2) is 36.4 Å². The fraction of sp³-hybridized carbons (Fsp3) is 0.500. The summed E-state index contributed by atoms with van der Waals surface area (Å²) >= 11 is 0. The molecule has 1 atom stereocenters. The van der Waals surface area contributed by atoms with Gasteiger partial charge < -0.3 is 34.4 Å². The fourth-order valence-electron chi connectivity index (χ4n) is 4.42. The van der Waals surface area contributed by atoms with Crippen molar-refractivity contribution in [3.8, 4) is 11.5 Å². The number of fused-ring (bicyclic) bond motifs is 1. The topological polar surface area (TPSA) is 130 Å². The Morgan fingerprint density at radius 1 is 1.02 bits per heavy atom. The third-order valence-corrected chi connectivity index (χ3v) is 6.02. The summed E-state index contributed by atoms with van der Waals surface area (Å²) in [6.07, 6.45) is -1.74. The molecule has 1 aliphatic rings. The van der Waals surface area contributed by atoms with Gasteiger partial charge in [0.2, 0.25) is 0 Å². The second-order valence-corrected chi connectivity index (χ2v) is 11.6. The van der Waals surface area contributed by atoms with Gasteiger partial charge in [-0.05, 0) is 84.2 Å². The molecular weight excluding hydrogens is 530 g/mol. The lowest BCUT2D eigenvalue weighted by Gasteiger charge is -2.32. The third-order valence-electron chi connectivity index (χ3n) is 6.02. The molecule has 2 aromatic carbocycles. The number of ether oxygens (including phenoxy) is 4. The molecule has 0 aliphatic carbocycles. The Hall–Kier alpha value is -4.15. The number of nitrogens with zero attached hydrogens (tertiary/aromatic N) is 2. The van der Waals surface area contributed by atoms with Crippen LogP contribution in [-0.4, -0.2) is 59.6 Å². The molecule has 0 aromatic heterocycles. The zero-order chi connectivity index (χ0) is 30.5. The number of carbonyl (C=O) groups is 3. The number of hydrogen-bond acceptors (Lipinski definition) is 9. The van der Waals surface area contributed by atoms with E-state index in [4.69, 9.17) is 29.5 Å². The lowest BCUT2D eigenvalue weighted by atomic mass is 10.0. The molecule has 2 aromatic rings. The Bertz CT molecular complexity index is 1270. The van der Waals surface area contributed by atoms with Crippen LogP contribution in [-0.2, 0) is 20.9 Å². The molecule has 0 saturated carbocycles. The first-order chi connectivity index (χ1) is 19.1. The van der Waals surface area contributed by atoms with Crippen LogP contribution in [0.5, 0.6) is 11.5 Å². The molecule has 2 N–H and O–H groups in total. The van der Waals surface area contributed by atoms with E-state index in [1.165, 1.54) is 0 Å². The Labute approximate surface area is 241 Å². The average molecular weight is 572 g/mol. The molecular formula is C30H41N3O8. The highest BCUT2D eigenvalue weighted by Crippen LogP contribution is 2.39. The molecule has 0 spiro atoms. The van der Waals surface area contributed by atoms with E-state index >= 15 is 0 Å². The van der Waals surface area contributed by atoms with Gasteiger partial charge in [-0.2, -0.15) is 0 Å². The number of hydroxylamine groups is 2.